The molecule has 2 heterocycles. The molecule has 4 aliphatic carbocycles. The highest BCUT2D eigenvalue weighted by Gasteiger charge is 2.71. The Morgan fingerprint density at radius 1 is 1.00 bits per heavy atom. The van der Waals surface area contributed by atoms with Gasteiger partial charge in [-0.25, -0.2) is 4.79 Å². The molecule has 192 valence electrons. The van der Waals surface area contributed by atoms with Crippen molar-refractivity contribution >= 4 is 11.8 Å². The molecule has 6 rings (SSSR count). The van der Waals surface area contributed by atoms with Crippen molar-refractivity contribution in [3.05, 3.63) is 24.3 Å². The Morgan fingerprint density at radius 3 is 2.40 bits per heavy atom. The predicted octanol–water partition coefficient (Wildman–Crippen LogP) is 2.32. The SMILES string of the molecule is C=C1C(=O)OC2CC1(C)OCC2C1CCC2C3CC(O)C4(O)CC=CC(=O)C4(C)C3CC(O)C12C. The highest BCUT2D eigenvalue weighted by Crippen LogP contribution is 2.68. The van der Waals surface area contributed by atoms with Crippen molar-refractivity contribution in [2.45, 2.75) is 88.8 Å². The van der Waals surface area contributed by atoms with Gasteiger partial charge >= 0.3 is 5.97 Å². The summed E-state index contributed by atoms with van der Waals surface area (Å²) in [6, 6.07) is 0. The lowest BCUT2D eigenvalue weighted by Gasteiger charge is -2.64. The van der Waals surface area contributed by atoms with Crippen molar-refractivity contribution in [3.63, 3.8) is 0 Å². The molecule has 6 aliphatic rings. The number of ether oxygens (including phenoxy) is 2. The lowest BCUT2D eigenvalue weighted by Crippen LogP contribution is -2.71. The average Bonchev–Trinajstić information content (AvgIpc) is 3.15. The van der Waals surface area contributed by atoms with Gasteiger partial charge in [0.15, 0.2) is 5.78 Å². The van der Waals surface area contributed by atoms with Crippen LogP contribution in [0.5, 0.6) is 0 Å². The maximum Gasteiger partial charge on any atom is 0.336 e. The van der Waals surface area contributed by atoms with E-state index in [1.807, 2.05) is 6.92 Å². The largest absolute Gasteiger partial charge is 0.458 e. The molecule has 3 N–H and O–H groups in total. The summed E-state index contributed by atoms with van der Waals surface area (Å²) in [5.74, 6) is -0.580. The minimum absolute atomic E-state index is 0.0209. The highest BCUT2D eigenvalue weighted by molar-refractivity contribution is 5.97. The van der Waals surface area contributed by atoms with E-state index < -0.39 is 40.2 Å². The monoisotopic (exact) mass is 486 g/mol. The zero-order chi connectivity index (χ0) is 25.1. The number of ketones is 1. The van der Waals surface area contributed by atoms with Crippen LogP contribution in [0.3, 0.4) is 0 Å². The van der Waals surface area contributed by atoms with Crippen molar-refractivity contribution in [3.8, 4) is 0 Å². The van der Waals surface area contributed by atoms with Gasteiger partial charge in [-0.05, 0) is 81.1 Å². The Hall–Kier alpha value is -1.54. The number of aliphatic hydroxyl groups excluding tert-OH is 2. The Morgan fingerprint density at radius 2 is 1.69 bits per heavy atom. The second kappa shape index (κ2) is 7.27. The van der Waals surface area contributed by atoms with E-state index in [-0.39, 0.29) is 47.9 Å². The summed E-state index contributed by atoms with van der Waals surface area (Å²) in [7, 11) is 0. The molecule has 0 aromatic heterocycles. The molecule has 5 fully saturated rings. The number of carbonyl (C=O) groups excluding carboxylic acids is 2. The van der Waals surface area contributed by atoms with E-state index in [4.69, 9.17) is 9.47 Å². The lowest BCUT2D eigenvalue weighted by molar-refractivity contribution is -0.249. The normalized spacial score (nSPS) is 57.3. The van der Waals surface area contributed by atoms with Crippen molar-refractivity contribution in [1.29, 1.82) is 0 Å². The summed E-state index contributed by atoms with van der Waals surface area (Å²) in [6.07, 6.45) is 4.66. The number of hydrogen-bond acceptors (Lipinski definition) is 7. The lowest BCUT2D eigenvalue weighted by atomic mass is 9.42. The molecule has 0 spiro atoms. The van der Waals surface area contributed by atoms with Gasteiger partial charge in [0, 0.05) is 12.3 Å². The summed E-state index contributed by atoms with van der Waals surface area (Å²) in [5, 5.41) is 34.5. The van der Waals surface area contributed by atoms with Gasteiger partial charge in [0.05, 0.1) is 29.8 Å². The van der Waals surface area contributed by atoms with Crippen LogP contribution in [0, 0.1) is 40.4 Å². The van der Waals surface area contributed by atoms with Crippen LogP contribution in [0.2, 0.25) is 0 Å². The standard InChI is InChI=1S/C28H38O7/c1-14-24(32)35-20-12-25(14,2)34-13-16(20)18-8-7-17-15-10-23(31)28(33)9-5-6-21(29)27(28,4)19(15)11-22(30)26(17,18)3/h5-6,15-20,22-23,30-31,33H,1,7-13H2,2-4H3. The first-order chi connectivity index (χ1) is 16.4. The second-order valence-corrected chi connectivity index (χ2v) is 12.9. The number of hydrogen-bond donors (Lipinski definition) is 3. The Kier molecular flexibility index (Phi) is 4.95. The van der Waals surface area contributed by atoms with E-state index in [0.717, 1.165) is 12.8 Å². The van der Waals surface area contributed by atoms with Crippen molar-refractivity contribution < 1.29 is 34.4 Å². The fraction of sp³-hybridized carbons (Fsp3) is 0.786. The van der Waals surface area contributed by atoms with Crippen LogP contribution in [-0.2, 0) is 19.1 Å². The molecule has 0 aromatic carbocycles. The first-order valence-electron chi connectivity index (χ1n) is 13.2. The summed E-state index contributed by atoms with van der Waals surface area (Å²) in [6.45, 7) is 10.2. The van der Waals surface area contributed by atoms with Crippen molar-refractivity contribution in [2.24, 2.45) is 40.4 Å². The van der Waals surface area contributed by atoms with Gasteiger partial charge in [0.2, 0.25) is 0 Å². The fourth-order valence-corrected chi connectivity index (χ4v) is 9.55. The zero-order valence-corrected chi connectivity index (χ0v) is 20.9. The molecule has 12 atom stereocenters. The smallest absolute Gasteiger partial charge is 0.336 e. The first-order valence-corrected chi connectivity index (χ1v) is 13.2. The number of allylic oxidation sites excluding steroid dienone is 1. The molecule has 2 aliphatic heterocycles. The second-order valence-electron chi connectivity index (χ2n) is 12.9. The molecule has 2 bridgehead atoms. The maximum atomic E-state index is 13.2. The maximum absolute atomic E-state index is 13.2. The third-order valence-corrected chi connectivity index (χ3v) is 11.8. The summed E-state index contributed by atoms with van der Waals surface area (Å²) >= 11 is 0. The van der Waals surface area contributed by atoms with Crippen LogP contribution >= 0.6 is 0 Å². The van der Waals surface area contributed by atoms with Gasteiger partial charge < -0.3 is 24.8 Å². The van der Waals surface area contributed by atoms with Crippen molar-refractivity contribution in [2.75, 3.05) is 6.61 Å². The van der Waals surface area contributed by atoms with Gasteiger partial charge in [0.25, 0.3) is 0 Å². The van der Waals surface area contributed by atoms with Gasteiger partial charge in [0.1, 0.15) is 17.3 Å². The molecule has 0 amide bonds. The Labute approximate surface area is 206 Å². The molecular weight excluding hydrogens is 448 g/mol. The van der Waals surface area contributed by atoms with E-state index in [9.17, 15) is 24.9 Å². The van der Waals surface area contributed by atoms with Crippen LogP contribution in [-0.4, -0.2) is 63.2 Å². The minimum Gasteiger partial charge on any atom is -0.458 e. The van der Waals surface area contributed by atoms with Crippen LogP contribution in [0.1, 0.15) is 59.3 Å². The predicted molar refractivity (Wildman–Crippen MR) is 126 cm³/mol. The highest BCUT2D eigenvalue weighted by atomic mass is 16.6. The molecule has 7 nitrogen and oxygen atoms in total. The van der Waals surface area contributed by atoms with E-state index in [2.05, 4.69) is 13.5 Å². The van der Waals surface area contributed by atoms with Crippen LogP contribution in [0.15, 0.2) is 24.3 Å². The van der Waals surface area contributed by atoms with Crippen molar-refractivity contribution in [1.82, 2.24) is 0 Å². The van der Waals surface area contributed by atoms with Crippen LogP contribution in [0.4, 0.5) is 0 Å². The summed E-state index contributed by atoms with van der Waals surface area (Å²) < 4.78 is 12.1. The molecule has 3 saturated carbocycles. The third kappa shape index (κ3) is 2.76. The van der Waals surface area contributed by atoms with E-state index in [1.54, 1.807) is 19.1 Å². The number of carbonyl (C=O) groups is 2. The van der Waals surface area contributed by atoms with Gasteiger partial charge in [-0.15, -0.1) is 0 Å². The Balaban J connectivity index is 1.34. The number of esters is 1. The van der Waals surface area contributed by atoms with Gasteiger partial charge in [-0.1, -0.05) is 19.6 Å². The van der Waals surface area contributed by atoms with Gasteiger partial charge in [-0.2, -0.15) is 0 Å². The Bertz CT molecular complexity index is 1020. The molecular formula is C28H38O7. The van der Waals surface area contributed by atoms with Crippen LogP contribution in [0.25, 0.3) is 0 Å². The van der Waals surface area contributed by atoms with E-state index in [0.29, 0.717) is 31.4 Å². The summed E-state index contributed by atoms with van der Waals surface area (Å²) in [5.41, 5.74) is -3.42. The van der Waals surface area contributed by atoms with E-state index in [1.165, 1.54) is 0 Å². The first kappa shape index (κ1) is 23.8. The minimum atomic E-state index is -1.51. The molecule has 2 saturated heterocycles. The molecule has 12 unspecified atom stereocenters. The number of rotatable bonds is 1. The number of fused-ring (bicyclic) bond motifs is 7. The third-order valence-electron chi connectivity index (χ3n) is 11.8. The molecule has 35 heavy (non-hydrogen) atoms. The quantitative estimate of drug-likeness (QED) is 0.385. The van der Waals surface area contributed by atoms with Gasteiger partial charge in [-0.3, -0.25) is 4.79 Å². The van der Waals surface area contributed by atoms with E-state index >= 15 is 0 Å². The topological polar surface area (TPSA) is 113 Å². The molecule has 0 aromatic rings. The molecule has 0 radical (unpaired) electrons. The van der Waals surface area contributed by atoms with Crippen LogP contribution < -0.4 is 0 Å². The zero-order valence-electron chi connectivity index (χ0n) is 20.9. The number of aliphatic hydroxyl groups is 3. The molecule has 7 heteroatoms. The summed E-state index contributed by atoms with van der Waals surface area (Å²) in [4.78, 5) is 25.8. The average molecular weight is 487 g/mol. The fourth-order valence-electron chi connectivity index (χ4n) is 9.55.